The van der Waals surface area contributed by atoms with E-state index in [1.165, 1.54) is 0 Å². The van der Waals surface area contributed by atoms with Crippen LogP contribution in [0.1, 0.15) is 27.7 Å². The van der Waals surface area contributed by atoms with E-state index in [0.717, 1.165) is 14.7 Å². The van der Waals surface area contributed by atoms with Crippen LogP contribution >= 0.6 is 8.58 Å². The van der Waals surface area contributed by atoms with Crippen LogP contribution in [0.3, 0.4) is 0 Å². The van der Waals surface area contributed by atoms with Gasteiger partial charge in [0.05, 0.1) is 6.10 Å². The predicted molar refractivity (Wildman–Crippen MR) is 44.6 cm³/mol. The Labute approximate surface area is 59.6 Å². The van der Waals surface area contributed by atoms with E-state index in [4.69, 9.17) is 5.11 Å². The first-order chi connectivity index (χ1) is 3.92. The Balaban J connectivity index is 3.28. The van der Waals surface area contributed by atoms with Crippen LogP contribution in [0.5, 0.6) is 0 Å². The zero-order valence-electron chi connectivity index (χ0n) is 6.73. The maximum atomic E-state index is 8.92. The minimum absolute atomic E-state index is 0.123. The van der Waals surface area contributed by atoms with Crippen molar-refractivity contribution in [3.05, 3.63) is 0 Å². The molecule has 0 bridgehead atoms. The van der Waals surface area contributed by atoms with Crippen molar-refractivity contribution in [2.75, 3.05) is 6.16 Å². The number of aliphatic hydroxyl groups is 1. The Morgan fingerprint density at radius 2 is 1.89 bits per heavy atom. The minimum Gasteiger partial charge on any atom is -0.393 e. The molecule has 0 saturated heterocycles. The second kappa shape index (κ2) is 3.53. The van der Waals surface area contributed by atoms with Crippen molar-refractivity contribution in [1.29, 1.82) is 0 Å². The summed E-state index contributed by atoms with van der Waals surface area (Å²) in [6.07, 6.45) is 0.825. The van der Waals surface area contributed by atoms with Gasteiger partial charge in [-0.2, -0.15) is 0 Å². The zero-order valence-corrected chi connectivity index (χ0v) is 7.73. The van der Waals surface area contributed by atoms with Crippen LogP contribution in [0.15, 0.2) is 0 Å². The van der Waals surface area contributed by atoms with E-state index in [2.05, 4.69) is 20.8 Å². The SMILES string of the molecule is C[C@@H](O)CPC(C)(C)C. The fourth-order valence-electron chi connectivity index (χ4n) is 0.454. The van der Waals surface area contributed by atoms with E-state index >= 15 is 0 Å². The normalized spacial score (nSPS) is 17.0. The Morgan fingerprint density at radius 1 is 1.44 bits per heavy atom. The summed E-state index contributed by atoms with van der Waals surface area (Å²) in [5, 5.41) is 9.32. The molecule has 0 amide bonds. The molecule has 1 unspecified atom stereocenters. The highest BCUT2D eigenvalue weighted by molar-refractivity contribution is 7.39. The van der Waals surface area contributed by atoms with Crippen LogP contribution in [0, 0.1) is 0 Å². The van der Waals surface area contributed by atoms with Gasteiger partial charge in [0.15, 0.2) is 0 Å². The largest absolute Gasteiger partial charge is 0.393 e. The molecule has 0 radical (unpaired) electrons. The summed E-state index contributed by atoms with van der Waals surface area (Å²) in [5.74, 6) is 0. The quantitative estimate of drug-likeness (QED) is 0.592. The number of hydrogen-bond donors (Lipinski definition) is 1. The van der Waals surface area contributed by atoms with E-state index in [1.807, 2.05) is 6.92 Å². The predicted octanol–water partition coefficient (Wildman–Crippen LogP) is 1.84. The number of hydrogen-bond acceptors (Lipinski definition) is 1. The molecule has 0 saturated carbocycles. The fraction of sp³-hybridized carbons (Fsp3) is 1.00. The van der Waals surface area contributed by atoms with Crippen LogP contribution in [-0.2, 0) is 0 Å². The molecular weight excluding hydrogens is 131 g/mol. The topological polar surface area (TPSA) is 20.2 Å². The first kappa shape index (κ1) is 9.39. The van der Waals surface area contributed by atoms with Gasteiger partial charge in [-0.15, -0.1) is 8.58 Å². The van der Waals surface area contributed by atoms with Gasteiger partial charge < -0.3 is 5.11 Å². The molecule has 1 N–H and O–H groups in total. The molecule has 0 aliphatic heterocycles. The van der Waals surface area contributed by atoms with Crippen molar-refractivity contribution in [2.24, 2.45) is 0 Å². The van der Waals surface area contributed by atoms with Crippen LogP contribution in [0.2, 0.25) is 0 Å². The van der Waals surface area contributed by atoms with Gasteiger partial charge in [0.1, 0.15) is 0 Å². The second-order valence-electron chi connectivity index (χ2n) is 3.48. The molecule has 0 fully saturated rings. The number of aliphatic hydroxyl groups excluding tert-OH is 1. The monoisotopic (exact) mass is 148 g/mol. The average molecular weight is 148 g/mol. The summed E-state index contributed by atoms with van der Waals surface area (Å²) in [5.41, 5.74) is 0. The molecular formula is C7H17OP. The van der Waals surface area contributed by atoms with Gasteiger partial charge in [-0.25, -0.2) is 0 Å². The summed E-state index contributed by atoms with van der Waals surface area (Å²) in [6, 6.07) is 0. The molecule has 0 aromatic heterocycles. The summed E-state index contributed by atoms with van der Waals surface area (Å²) in [7, 11) is 0.872. The van der Waals surface area contributed by atoms with Gasteiger partial charge in [0.2, 0.25) is 0 Å². The highest BCUT2D eigenvalue weighted by atomic mass is 31.1. The summed E-state index contributed by atoms with van der Waals surface area (Å²) < 4.78 is 0. The van der Waals surface area contributed by atoms with Crippen molar-refractivity contribution < 1.29 is 5.11 Å². The third-order valence-corrected chi connectivity index (χ3v) is 2.78. The third kappa shape index (κ3) is 8.39. The van der Waals surface area contributed by atoms with Crippen molar-refractivity contribution >= 4 is 8.58 Å². The van der Waals surface area contributed by atoms with Crippen LogP contribution in [-0.4, -0.2) is 22.5 Å². The van der Waals surface area contributed by atoms with E-state index in [9.17, 15) is 0 Å². The summed E-state index contributed by atoms with van der Waals surface area (Å²) >= 11 is 0. The van der Waals surface area contributed by atoms with Crippen molar-refractivity contribution in [2.45, 2.75) is 39.0 Å². The first-order valence-corrected chi connectivity index (χ1v) is 4.55. The van der Waals surface area contributed by atoms with Crippen molar-refractivity contribution in [3.8, 4) is 0 Å². The highest BCUT2D eigenvalue weighted by Gasteiger charge is 2.10. The van der Waals surface area contributed by atoms with E-state index in [1.54, 1.807) is 0 Å². The zero-order chi connectivity index (χ0) is 7.49. The fourth-order valence-corrected chi connectivity index (χ4v) is 1.36. The first-order valence-electron chi connectivity index (χ1n) is 3.35. The molecule has 9 heavy (non-hydrogen) atoms. The van der Waals surface area contributed by atoms with E-state index in [-0.39, 0.29) is 6.10 Å². The van der Waals surface area contributed by atoms with Crippen LogP contribution in [0.4, 0.5) is 0 Å². The van der Waals surface area contributed by atoms with Crippen LogP contribution in [0.25, 0.3) is 0 Å². The van der Waals surface area contributed by atoms with Crippen LogP contribution < -0.4 is 0 Å². The van der Waals surface area contributed by atoms with E-state index < -0.39 is 0 Å². The van der Waals surface area contributed by atoms with E-state index in [0.29, 0.717) is 5.16 Å². The second-order valence-corrected chi connectivity index (χ2v) is 5.74. The molecule has 1 nitrogen and oxygen atoms in total. The minimum atomic E-state index is -0.123. The third-order valence-electron chi connectivity index (χ3n) is 0.928. The molecule has 0 aliphatic carbocycles. The highest BCUT2D eigenvalue weighted by Crippen LogP contribution is 2.30. The molecule has 0 spiro atoms. The molecule has 0 aliphatic rings. The molecule has 2 heteroatoms. The summed E-state index contributed by atoms with van der Waals surface area (Å²) in [6.45, 7) is 8.45. The van der Waals surface area contributed by atoms with Gasteiger partial charge >= 0.3 is 0 Å². The molecule has 0 heterocycles. The lowest BCUT2D eigenvalue weighted by Crippen LogP contribution is -2.11. The van der Waals surface area contributed by atoms with Crippen molar-refractivity contribution in [3.63, 3.8) is 0 Å². The molecule has 2 atom stereocenters. The van der Waals surface area contributed by atoms with Gasteiger partial charge in [-0.3, -0.25) is 0 Å². The standard InChI is InChI=1S/C7H17OP/c1-6(8)5-9-7(2,3)4/h6,8-9H,5H2,1-4H3/t6-/m1/s1. The molecule has 56 valence electrons. The molecule has 0 aromatic carbocycles. The van der Waals surface area contributed by atoms with Crippen molar-refractivity contribution in [1.82, 2.24) is 0 Å². The average Bonchev–Trinajstić information content (AvgIpc) is 1.59. The summed E-state index contributed by atoms with van der Waals surface area (Å²) in [4.78, 5) is 0. The Bertz CT molecular complexity index is 73.5. The van der Waals surface area contributed by atoms with Gasteiger partial charge in [-0.05, 0) is 18.2 Å². The lowest BCUT2D eigenvalue weighted by Gasteiger charge is -2.18. The van der Waals surface area contributed by atoms with Gasteiger partial charge in [-0.1, -0.05) is 20.8 Å². The maximum Gasteiger partial charge on any atom is 0.0549 e. The Kier molecular flexibility index (Phi) is 3.68. The molecule has 0 rings (SSSR count). The van der Waals surface area contributed by atoms with Gasteiger partial charge in [0.25, 0.3) is 0 Å². The number of rotatable bonds is 2. The Morgan fingerprint density at radius 3 is 2.00 bits per heavy atom. The molecule has 0 aromatic rings. The van der Waals surface area contributed by atoms with Gasteiger partial charge in [0, 0.05) is 0 Å². The Hall–Kier alpha value is 0.390. The smallest absolute Gasteiger partial charge is 0.0549 e. The lowest BCUT2D eigenvalue weighted by molar-refractivity contribution is 0.219. The maximum absolute atomic E-state index is 8.92. The lowest BCUT2D eigenvalue weighted by atomic mass is 10.3.